The third kappa shape index (κ3) is 2.69. The number of hydrogen-bond acceptors (Lipinski definition) is 2. The van der Waals surface area contributed by atoms with E-state index in [4.69, 9.17) is 11.6 Å². The number of aryl methyl sites for hydroxylation is 1. The second-order valence-corrected chi connectivity index (χ2v) is 5.04. The highest BCUT2D eigenvalue weighted by molar-refractivity contribution is 6.34. The maximum atomic E-state index is 6.27. The van der Waals surface area contributed by atoms with Gasteiger partial charge in [-0.2, -0.15) is 0 Å². The molecule has 0 bridgehead atoms. The lowest BCUT2D eigenvalue weighted by Crippen LogP contribution is -2.36. The normalized spacial score (nSPS) is 18.7. The van der Waals surface area contributed by atoms with Gasteiger partial charge in [0.05, 0.1) is 10.7 Å². The second-order valence-electron chi connectivity index (χ2n) is 4.66. The number of rotatable bonds is 2. The molecule has 2 nitrogen and oxygen atoms in total. The largest absolute Gasteiger partial charge is 0.381 e. The van der Waals surface area contributed by atoms with E-state index in [9.17, 15) is 0 Å². The van der Waals surface area contributed by atoms with Crippen molar-refractivity contribution >= 4 is 17.3 Å². The van der Waals surface area contributed by atoms with Crippen molar-refractivity contribution in [1.29, 1.82) is 0 Å². The van der Waals surface area contributed by atoms with Crippen LogP contribution in [0.2, 0.25) is 5.02 Å². The molecular weight excluding hydrogens is 220 g/mol. The van der Waals surface area contributed by atoms with Gasteiger partial charge >= 0.3 is 0 Å². The summed E-state index contributed by atoms with van der Waals surface area (Å²) in [6.07, 6.45) is 2.39. The fourth-order valence-corrected chi connectivity index (χ4v) is 2.31. The van der Waals surface area contributed by atoms with Gasteiger partial charge in [-0.25, -0.2) is 0 Å². The minimum absolute atomic E-state index is 0.565. The van der Waals surface area contributed by atoms with E-state index in [2.05, 4.69) is 29.4 Å². The standard InChI is InChI=1S/C13H19ClN2/c1-10-4-3-5-12(13(10)14)15-11-6-8-16(2)9-7-11/h3-5,11,15H,6-9H2,1-2H3. The first-order valence-corrected chi connectivity index (χ1v) is 6.25. The summed E-state index contributed by atoms with van der Waals surface area (Å²) in [5.74, 6) is 0. The van der Waals surface area contributed by atoms with Crippen molar-refractivity contribution in [3.8, 4) is 0 Å². The molecule has 1 aromatic rings. The second kappa shape index (κ2) is 5.07. The zero-order chi connectivity index (χ0) is 11.5. The summed E-state index contributed by atoms with van der Waals surface area (Å²) in [6, 6.07) is 6.73. The molecule has 0 unspecified atom stereocenters. The van der Waals surface area contributed by atoms with E-state index >= 15 is 0 Å². The van der Waals surface area contributed by atoms with Crippen LogP contribution in [0.3, 0.4) is 0 Å². The molecule has 1 fully saturated rings. The zero-order valence-electron chi connectivity index (χ0n) is 9.96. The van der Waals surface area contributed by atoms with Crippen LogP contribution < -0.4 is 5.32 Å². The number of nitrogens with zero attached hydrogens (tertiary/aromatic N) is 1. The van der Waals surface area contributed by atoms with Crippen molar-refractivity contribution in [2.45, 2.75) is 25.8 Å². The molecule has 0 atom stereocenters. The Morgan fingerprint density at radius 2 is 2.00 bits per heavy atom. The van der Waals surface area contributed by atoms with Crippen LogP contribution >= 0.6 is 11.6 Å². The maximum absolute atomic E-state index is 6.27. The molecule has 16 heavy (non-hydrogen) atoms. The highest BCUT2D eigenvalue weighted by Crippen LogP contribution is 2.27. The van der Waals surface area contributed by atoms with Crippen LogP contribution in [0.4, 0.5) is 5.69 Å². The Balaban J connectivity index is 2.01. The average Bonchev–Trinajstić information content (AvgIpc) is 2.28. The molecule has 0 aliphatic carbocycles. The number of halogens is 1. The first-order valence-electron chi connectivity index (χ1n) is 5.87. The van der Waals surface area contributed by atoms with Crippen molar-refractivity contribution in [2.24, 2.45) is 0 Å². The fraction of sp³-hybridized carbons (Fsp3) is 0.538. The number of benzene rings is 1. The van der Waals surface area contributed by atoms with Crippen LogP contribution in [0.25, 0.3) is 0 Å². The summed E-state index contributed by atoms with van der Waals surface area (Å²) in [7, 11) is 2.18. The van der Waals surface area contributed by atoms with Crippen molar-refractivity contribution in [1.82, 2.24) is 4.90 Å². The van der Waals surface area contributed by atoms with E-state index in [0.717, 1.165) is 16.3 Å². The molecule has 1 aliphatic heterocycles. The molecule has 0 amide bonds. The van der Waals surface area contributed by atoms with Crippen LogP contribution in [-0.4, -0.2) is 31.1 Å². The van der Waals surface area contributed by atoms with Crippen LogP contribution in [-0.2, 0) is 0 Å². The molecule has 0 radical (unpaired) electrons. The highest BCUT2D eigenvalue weighted by Gasteiger charge is 2.17. The topological polar surface area (TPSA) is 15.3 Å². The van der Waals surface area contributed by atoms with Crippen LogP contribution in [0, 0.1) is 6.92 Å². The molecule has 1 heterocycles. The predicted octanol–water partition coefficient (Wildman–Crippen LogP) is 3.15. The molecule has 0 spiro atoms. The summed E-state index contributed by atoms with van der Waals surface area (Å²) >= 11 is 6.27. The van der Waals surface area contributed by atoms with Gasteiger partial charge in [-0.05, 0) is 51.5 Å². The van der Waals surface area contributed by atoms with Gasteiger partial charge in [-0.3, -0.25) is 0 Å². The minimum atomic E-state index is 0.565. The van der Waals surface area contributed by atoms with Gasteiger partial charge < -0.3 is 10.2 Å². The first kappa shape index (κ1) is 11.7. The first-order chi connectivity index (χ1) is 7.66. The lowest BCUT2D eigenvalue weighted by molar-refractivity contribution is 0.264. The van der Waals surface area contributed by atoms with Crippen LogP contribution in [0.1, 0.15) is 18.4 Å². The Labute approximate surface area is 103 Å². The average molecular weight is 239 g/mol. The highest BCUT2D eigenvalue weighted by atomic mass is 35.5. The van der Waals surface area contributed by atoms with Gasteiger partial charge in [0.2, 0.25) is 0 Å². The summed E-state index contributed by atoms with van der Waals surface area (Å²) in [5, 5.41) is 4.41. The lowest BCUT2D eigenvalue weighted by atomic mass is 10.0. The van der Waals surface area contributed by atoms with Gasteiger partial charge in [0.25, 0.3) is 0 Å². The number of hydrogen-bond donors (Lipinski definition) is 1. The minimum Gasteiger partial charge on any atom is -0.381 e. The molecule has 0 aromatic heterocycles. The lowest BCUT2D eigenvalue weighted by Gasteiger charge is -2.30. The van der Waals surface area contributed by atoms with Gasteiger partial charge in [0, 0.05) is 6.04 Å². The summed E-state index contributed by atoms with van der Waals surface area (Å²) in [6.45, 7) is 4.38. The Morgan fingerprint density at radius 3 is 2.69 bits per heavy atom. The molecule has 2 rings (SSSR count). The summed E-state index contributed by atoms with van der Waals surface area (Å²) < 4.78 is 0. The smallest absolute Gasteiger partial charge is 0.0666 e. The molecular formula is C13H19ClN2. The summed E-state index contributed by atoms with van der Waals surface area (Å²) in [5.41, 5.74) is 2.22. The molecule has 1 aromatic carbocycles. The van der Waals surface area contributed by atoms with Crippen molar-refractivity contribution < 1.29 is 0 Å². The van der Waals surface area contributed by atoms with E-state index in [0.29, 0.717) is 6.04 Å². The Kier molecular flexibility index (Phi) is 3.72. The van der Waals surface area contributed by atoms with Crippen LogP contribution in [0.5, 0.6) is 0 Å². The molecule has 0 saturated carbocycles. The molecule has 88 valence electrons. The third-order valence-corrected chi connectivity index (χ3v) is 3.77. The van der Waals surface area contributed by atoms with Gasteiger partial charge in [0.1, 0.15) is 0 Å². The molecule has 1 aliphatic rings. The Hall–Kier alpha value is -0.730. The van der Waals surface area contributed by atoms with Crippen LogP contribution in [0.15, 0.2) is 18.2 Å². The Morgan fingerprint density at radius 1 is 1.31 bits per heavy atom. The van der Waals surface area contributed by atoms with E-state index in [1.807, 2.05) is 13.0 Å². The third-order valence-electron chi connectivity index (χ3n) is 3.27. The number of nitrogens with one attached hydrogen (secondary N) is 1. The Bertz CT molecular complexity index is 357. The van der Waals surface area contributed by atoms with E-state index in [-0.39, 0.29) is 0 Å². The van der Waals surface area contributed by atoms with E-state index in [1.54, 1.807) is 0 Å². The van der Waals surface area contributed by atoms with Gasteiger partial charge in [0.15, 0.2) is 0 Å². The molecule has 3 heteroatoms. The zero-order valence-corrected chi connectivity index (χ0v) is 10.7. The molecule has 1 N–H and O–H groups in total. The number of likely N-dealkylation sites (tertiary alicyclic amines) is 1. The van der Waals surface area contributed by atoms with Gasteiger partial charge in [-0.1, -0.05) is 23.7 Å². The quantitative estimate of drug-likeness (QED) is 0.852. The van der Waals surface area contributed by atoms with E-state index in [1.165, 1.54) is 25.9 Å². The van der Waals surface area contributed by atoms with Crippen molar-refractivity contribution in [2.75, 3.05) is 25.5 Å². The fourth-order valence-electron chi connectivity index (χ4n) is 2.13. The SMILES string of the molecule is Cc1cccc(NC2CCN(C)CC2)c1Cl. The van der Waals surface area contributed by atoms with Gasteiger partial charge in [-0.15, -0.1) is 0 Å². The summed E-state index contributed by atoms with van der Waals surface area (Å²) in [4.78, 5) is 2.37. The number of piperidine rings is 1. The predicted molar refractivity (Wildman–Crippen MR) is 70.3 cm³/mol. The molecule has 1 saturated heterocycles. The number of anilines is 1. The monoisotopic (exact) mass is 238 g/mol. The van der Waals surface area contributed by atoms with E-state index < -0.39 is 0 Å². The van der Waals surface area contributed by atoms with Crippen molar-refractivity contribution in [3.05, 3.63) is 28.8 Å². The maximum Gasteiger partial charge on any atom is 0.0666 e. The van der Waals surface area contributed by atoms with Crippen molar-refractivity contribution in [3.63, 3.8) is 0 Å².